The summed E-state index contributed by atoms with van der Waals surface area (Å²) in [5.41, 5.74) is 33.2. The van der Waals surface area contributed by atoms with Gasteiger partial charge in [-0.2, -0.15) is 0 Å². The van der Waals surface area contributed by atoms with Crippen LogP contribution < -0.4 is 18.9 Å². The minimum Gasteiger partial charge on any atom is -0.698 e. The van der Waals surface area contributed by atoms with Crippen LogP contribution in [-0.2, 0) is 45.2 Å². The minimum absolute atomic E-state index is 0. The maximum Gasteiger partial charge on any atom is 2.00 e. The number of hydrogen-bond donors (Lipinski definition) is 0. The smallest absolute Gasteiger partial charge is 0.698 e. The van der Waals surface area contributed by atoms with Crippen LogP contribution in [0.5, 0.6) is 0 Å². The molecule has 1 radical (unpaired) electrons. The molecular formula is C48H84CoLiN3O6. The van der Waals surface area contributed by atoms with Gasteiger partial charge in [-0.3, -0.25) is 0 Å². The number of methoxy groups -OCH3 is 6. The Morgan fingerprint density at radius 1 is 0.322 bits per heavy atom. The molecular weight excluding hydrogens is 780 g/mol. The molecule has 337 valence electrons. The van der Waals surface area contributed by atoms with Crippen molar-refractivity contribution >= 4 is 17.1 Å². The first-order valence-electron chi connectivity index (χ1n) is 20.3. The summed E-state index contributed by atoms with van der Waals surface area (Å²) in [5.74, 6) is 2.70. The summed E-state index contributed by atoms with van der Waals surface area (Å²) in [6.45, 7) is 29.8. The minimum atomic E-state index is 0. The normalized spacial score (nSPS) is 10.2. The van der Waals surface area contributed by atoms with Crippen molar-refractivity contribution < 1.29 is 64.1 Å². The third kappa shape index (κ3) is 30.6. The molecule has 3 N–H and O–H groups in total. The second kappa shape index (κ2) is 41.3. The molecule has 0 spiro atoms. The van der Waals surface area contributed by atoms with Crippen LogP contribution in [0.3, 0.4) is 0 Å². The SMILES string of the molecule is CC(C)c1cccc(C(C)C)c1[NH-].CC(C)c1cccc(C(C)C)c1[NH-].CC(C)c1cccc(C(C)C)c1[NH-].COCCOC.COCCOC.COCCOC.[Co+2].[Li+]. The van der Waals surface area contributed by atoms with Crippen LogP contribution in [0.4, 0.5) is 17.1 Å². The second-order valence-corrected chi connectivity index (χ2v) is 15.3. The fourth-order valence-electron chi connectivity index (χ4n) is 5.15. The van der Waals surface area contributed by atoms with E-state index in [-0.39, 0.29) is 35.6 Å². The molecule has 11 heteroatoms. The average Bonchev–Trinajstić information content (AvgIpc) is 3.16. The standard InChI is InChI=1S/3C12H18N.3C4H10O2.Co.Li/c3*1-8(2)10-6-5-7-11(9(3)4)12(10)13;3*1-5-3-4-6-2;;/h3*5-9,13H,1-4H3;3*3-4H2,1-2H3;;/q3*-1;;;;+2;+1. The number of rotatable bonds is 15. The number of ether oxygens (including phenoxy) is 6. The summed E-state index contributed by atoms with van der Waals surface area (Å²) in [6.07, 6.45) is 0. The molecule has 0 aliphatic rings. The fraction of sp³-hybridized carbons (Fsp3) is 0.625. The largest absolute Gasteiger partial charge is 2.00 e. The number of hydrogen-bond acceptors (Lipinski definition) is 6. The fourth-order valence-corrected chi connectivity index (χ4v) is 5.15. The van der Waals surface area contributed by atoms with Gasteiger partial charge >= 0.3 is 35.6 Å². The van der Waals surface area contributed by atoms with Crippen LogP contribution in [0, 0.1) is 0 Å². The topological polar surface area (TPSA) is 127 Å². The molecule has 0 atom stereocenters. The molecule has 3 aromatic carbocycles. The second-order valence-electron chi connectivity index (χ2n) is 15.3. The van der Waals surface area contributed by atoms with Gasteiger partial charge in [0.2, 0.25) is 0 Å². The molecule has 0 saturated heterocycles. The van der Waals surface area contributed by atoms with E-state index in [0.29, 0.717) is 75.1 Å². The quantitative estimate of drug-likeness (QED) is 0.111. The molecule has 59 heavy (non-hydrogen) atoms. The third-order valence-corrected chi connectivity index (χ3v) is 8.59. The average molecular weight is 865 g/mol. The summed E-state index contributed by atoms with van der Waals surface area (Å²) in [6, 6.07) is 18.5. The first-order chi connectivity index (χ1) is 26.9. The van der Waals surface area contributed by atoms with Crippen LogP contribution in [0.15, 0.2) is 54.6 Å². The molecule has 0 aromatic heterocycles. The zero-order chi connectivity index (χ0) is 44.5. The Morgan fingerprint density at radius 3 is 0.525 bits per heavy atom. The number of nitrogens with one attached hydrogen (secondary N) is 3. The van der Waals surface area contributed by atoms with Gasteiger partial charge in [0.15, 0.2) is 0 Å². The summed E-state index contributed by atoms with van der Waals surface area (Å²) in [5, 5.41) is 0. The van der Waals surface area contributed by atoms with E-state index in [1.165, 1.54) is 0 Å². The molecule has 3 rings (SSSR count). The Hall–Kier alpha value is -2.08. The molecule has 0 saturated carbocycles. The first kappa shape index (κ1) is 66.0. The number of benzene rings is 3. The van der Waals surface area contributed by atoms with Crippen molar-refractivity contribution in [2.75, 3.05) is 82.3 Å². The van der Waals surface area contributed by atoms with Gasteiger partial charge in [0.25, 0.3) is 0 Å². The molecule has 0 aliphatic carbocycles. The van der Waals surface area contributed by atoms with E-state index in [2.05, 4.69) is 166 Å². The zero-order valence-corrected chi connectivity index (χ0v) is 41.7. The summed E-state index contributed by atoms with van der Waals surface area (Å²) in [7, 11) is 9.91. The van der Waals surface area contributed by atoms with E-state index in [9.17, 15) is 0 Å². The molecule has 0 fully saturated rings. The van der Waals surface area contributed by atoms with Gasteiger partial charge in [0, 0.05) is 42.7 Å². The van der Waals surface area contributed by atoms with Crippen LogP contribution in [-0.4, -0.2) is 82.3 Å². The van der Waals surface area contributed by atoms with Crippen LogP contribution in [0.1, 0.15) is 152 Å². The molecule has 0 bridgehead atoms. The predicted molar refractivity (Wildman–Crippen MR) is 247 cm³/mol. The van der Waals surface area contributed by atoms with E-state index in [0.717, 1.165) is 50.4 Å². The van der Waals surface area contributed by atoms with Crippen LogP contribution >= 0.6 is 0 Å². The predicted octanol–water partition coefficient (Wildman–Crippen LogP) is 11.7. The van der Waals surface area contributed by atoms with Gasteiger partial charge in [0.1, 0.15) is 0 Å². The molecule has 3 aromatic rings. The van der Waals surface area contributed by atoms with E-state index >= 15 is 0 Å². The van der Waals surface area contributed by atoms with E-state index in [1.807, 2.05) is 0 Å². The molecule has 9 nitrogen and oxygen atoms in total. The van der Waals surface area contributed by atoms with Gasteiger partial charge in [-0.1, -0.05) is 171 Å². The van der Waals surface area contributed by atoms with Crippen molar-refractivity contribution in [3.63, 3.8) is 0 Å². The molecule has 0 unspecified atom stereocenters. The molecule has 0 amide bonds. The van der Waals surface area contributed by atoms with Gasteiger partial charge < -0.3 is 45.6 Å². The van der Waals surface area contributed by atoms with Gasteiger partial charge in [-0.05, 0) is 35.5 Å². The van der Waals surface area contributed by atoms with E-state index < -0.39 is 0 Å². The third-order valence-electron chi connectivity index (χ3n) is 8.59. The summed E-state index contributed by atoms with van der Waals surface area (Å²) < 4.78 is 27.9. The van der Waals surface area contributed by atoms with Gasteiger partial charge in [-0.15, -0.1) is 17.1 Å². The maximum absolute atomic E-state index is 8.01. The van der Waals surface area contributed by atoms with E-state index in [4.69, 9.17) is 17.2 Å². The van der Waals surface area contributed by atoms with Crippen molar-refractivity contribution in [2.24, 2.45) is 0 Å². The maximum atomic E-state index is 8.01. The van der Waals surface area contributed by atoms with E-state index in [1.54, 1.807) is 42.7 Å². The van der Waals surface area contributed by atoms with Crippen molar-refractivity contribution in [2.45, 2.75) is 119 Å². The zero-order valence-electron chi connectivity index (χ0n) is 40.7. The Labute approximate surface area is 385 Å². The van der Waals surface area contributed by atoms with Gasteiger partial charge in [0.05, 0.1) is 39.6 Å². The Kier molecular flexibility index (Phi) is 46.2. The summed E-state index contributed by atoms with van der Waals surface area (Å²) >= 11 is 0. The molecule has 0 heterocycles. The Balaban J connectivity index is -0.000000204. The van der Waals surface area contributed by atoms with Gasteiger partial charge in [-0.25, -0.2) is 0 Å². The van der Waals surface area contributed by atoms with Crippen LogP contribution in [0.2, 0.25) is 0 Å². The summed E-state index contributed by atoms with van der Waals surface area (Å²) in [4.78, 5) is 0. The first-order valence-corrected chi connectivity index (χ1v) is 20.3. The van der Waals surface area contributed by atoms with Crippen molar-refractivity contribution in [1.29, 1.82) is 0 Å². The monoisotopic (exact) mass is 865 g/mol. The Bertz CT molecular complexity index is 1130. The van der Waals surface area contributed by atoms with Crippen molar-refractivity contribution in [3.8, 4) is 0 Å². The Morgan fingerprint density at radius 2 is 0.441 bits per heavy atom. The van der Waals surface area contributed by atoms with Crippen molar-refractivity contribution in [3.05, 3.63) is 105 Å². The van der Waals surface area contributed by atoms with Crippen molar-refractivity contribution in [1.82, 2.24) is 0 Å². The molecule has 0 aliphatic heterocycles. The van der Waals surface area contributed by atoms with Crippen LogP contribution in [0.25, 0.3) is 17.2 Å².